The zero-order chi connectivity index (χ0) is 36.1. The molecule has 0 spiro atoms. The molecule has 0 heterocycles. The number of unbranched alkanes of at least 4 members (excludes halogenated alkanes) is 24. The second kappa shape index (κ2) is 29.8. The van der Waals surface area contributed by atoms with E-state index in [0.29, 0.717) is 12.8 Å². The number of rotatable bonds is 36. The average molecular weight is 698 g/mol. The maximum Gasteiger partial charge on any atom is 0.326 e. The van der Waals surface area contributed by atoms with Crippen LogP contribution in [0.3, 0.4) is 0 Å². The highest BCUT2D eigenvalue weighted by atomic mass is 32.2. The minimum Gasteiger partial charge on any atom is -0.480 e. The van der Waals surface area contributed by atoms with Crippen molar-refractivity contribution in [3.63, 3.8) is 0 Å². The third-order valence-corrected chi connectivity index (χ3v) is 11.5. The molecule has 0 aliphatic rings. The molecule has 0 saturated heterocycles. The van der Waals surface area contributed by atoms with Crippen LogP contribution >= 0.6 is 11.8 Å². The molecule has 0 radical (unpaired) electrons. The lowest BCUT2D eigenvalue weighted by atomic mass is 9.60. The highest BCUT2D eigenvalue weighted by Gasteiger charge is 2.58. The predicted molar refractivity (Wildman–Crippen MR) is 207 cm³/mol. The number of nitrogens with two attached hydrogens (primary N) is 1. The van der Waals surface area contributed by atoms with Crippen LogP contribution in [0.1, 0.15) is 207 Å². The summed E-state index contributed by atoms with van der Waals surface area (Å²) in [6.07, 6.45) is 32.1. The van der Waals surface area contributed by atoms with Gasteiger partial charge in [-0.2, -0.15) is 11.8 Å². The Bertz CT molecular complexity index is 777. The van der Waals surface area contributed by atoms with Crippen molar-refractivity contribution in [1.29, 1.82) is 0 Å². The number of carboxylic acids is 1. The first-order chi connectivity index (χ1) is 23.0. The van der Waals surface area contributed by atoms with Crippen LogP contribution in [-0.2, 0) is 14.4 Å². The van der Waals surface area contributed by atoms with Crippen molar-refractivity contribution in [3.05, 3.63) is 0 Å². The Morgan fingerprint density at radius 3 is 1.08 bits per heavy atom. The van der Waals surface area contributed by atoms with E-state index in [0.717, 1.165) is 38.5 Å². The van der Waals surface area contributed by atoms with Crippen LogP contribution in [0.25, 0.3) is 0 Å². The van der Waals surface area contributed by atoms with Crippen LogP contribution in [0, 0.1) is 11.3 Å². The van der Waals surface area contributed by atoms with Crippen LogP contribution in [0.5, 0.6) is 0 Å². The third-order valence-electron chi connectivity index (χ3n) is 10.8. The minimum atomic E-state index is -2.10. The molecular formula is C41H79NO5S. The van der Waals surface area contributed by atoms with Gasteiger partial charge >= 0.3 is 5.97 Å². The van der Waals surface area contributed by atoms with Crippen LogP contribution in [0.15, 0.2) is 0 Å². The van der Waals surface area contributed by atoms with Crippen molar-refractivity contribution in [2.45, 2.75) is 219 Å². The number of hydrogen-bond donors (Lipinski definition) is 3. The topological polar surface area (TPSA) is 118 Å². The lowest BCUT2D eigenvalue weighted by Gasteiger charge is -2.45. The number of thioether (sulfide) groups is 1. The Morgan fingerprint density at radius 2 is 0.854 bits per heavy atom. The Morgan fingerprint density at radius 1 is 0.583 bits per heavy atom. The van der Waals surface area contributed by atoms with E-state index in [1.54, 1.807) is 6.92 Å². The van der Waals surface area contributed by atoms with Gasteiger partial charge < -0.3 is 15.9 Å². The highest BCUT2D eigenvalue weighted by Crippen LogP contribution is 2.42. The SMILES string of the molecule is CCCCCCCCCCCCCCCC(=O)C(C)(C(=O)CCCCCCCCCCCCCCC)C(CSC)C(N)(C(=O)O)C(C)O. The van der Waals surface area contributed by atoms with E-state index >= 15 is 0 Å². The number of ketones is 2. The molecule has 4 N–H and O–H groups in total. The van der Waals surface area contributed by atoms with Crippen LogP contribution < -0.4 is 5.73 Å². The number of carbonyl (C=O) groups excluding carboxylic acids is 2. The van der Waals surface area contributed by atoms with Crippen LogP contribution in [0.2, 0.25) is 0 Å². The van der Waals surface area contributed by atoms with Crippen molar-refractivity contribution < 1.29 is 24.6 Å². The molecule has 0 saturated carbocycles. The summed E-state index contributed by atoms with van der Waals surface area (Å²) in [4.78, 5) is 40.5. The number of aliphatic carboxylic acids is 1. The minimum absolute atomic E-state index is 0.207. The predicted octanol–water partition coefficient (Wildman–Crippen LogP) is 11.2. The molecule has 0 aliphatic carbocycles. The largest absolute Gasteiger partial charge is 0.480 e. The van der Waals surface area contributed by atoms with E-state index in [-0.39, 0.29) is 30.2 Å². The van der Waals surface area contributed by atoms with E-state index in [2.05, 4.69) is 13.8 Å². The quantitative estimate of drug-likeness (QED) is 0.0440. The third kappa shape index (κ3) is 18.9. The van der Waals surface area contributed by atoms with Gasteiger partial charge in [0.2, 0.25) is 0 Å². The molecule has 284 valence electrons. The summed E-state index contributed by atoms with van der Waals surface area (Å²) in [6, 6.07) is 0. The molecule has 0 aromatic heterocycles. The number of aliphatic hydroxyl groups excluding tert-OH is 1. The molecule has 0 rings (SSSR count). The summed E-state index contributed by atoms with van der Waals surface area (Å²) >= 11 is 1.37. The highest BCUT2D eigenvalue weighted by molar-refractivity contribution is 7.98. The lowest BCUT2D eigenvalue weighted by Crippen LogP contribution is -2.68. The molecule has 7 heteroatoms. The van der Waals surface area contributed by atoms with Crippen molar-refractivity contribution in [2.75, 3.05) is 12.0 Å². The molecule has 0 aromatic carbocycles. The summed E-state index contributed by atoms with van der Waals surface area (Å²) in [5.74, 6) is -2.62. The lowest BCUT2D eigenvalue weighted by molar-refractivity contribution is -0.158. The Balaban J connectivity index is 5.00. The van der Waals surface area contributed by atoms with Crippen molar-refractivity contribution in [3.8, 4) is 0 Å². The summed E-state index contributed by atoms with van der Waals surface area (Å²) in [6.45, 7) is 7.48. The van der Waals surface area contributed by atoms with Gasteiger partial charge in [-0.1, -0.05) is 168 Å². The van der Waals surface area contributed by atoms with Gasteiger partial charge in [0.1, 0.15) is 17.1 Å². The maximum atomic E-state index is 14.0. The smallest absolute Gasteiger partial charge is 0.326 e. The van der Waals surface area contributed by atoms with E-state index in [4.69, 9.17) is 5.73 Å². The van der Waals surface area contributed by atoms with Crippen molar-refractivity contribution >= 4 is 29.3 Å². The molecule has 3 unspecified atom stereocenters. The molecule has 3 atom stereocenters. The Kier molecular flexibility index (Phi) is 29.2. The van der Waals surface area contributed by atoms with Gasteiger partial charge in [0.15, 0.2) is 0 Å². The second-order valence-corrected chi connectivity index (χ2v) is 15.9. The average Bonchev–Trinajstić information content (AvgIpc) is 3.06. The number of carbonyl (C=O) groups is 3. The van der Waals surface area contributed by atoms with E-state index in [1.807, 2.05) is 6.26 Å². The molecule has 6 nitrogen and oxygen atoms in total. The van der Waals surface area contributed by atoms with Gasteiger partial charge in [-0.05, 0) is 38.7 Å². The second-order valence-electron chi connectivity index (χ2n) is 15.0. The summed E-state index contributed by atoms with van der Waals surface area (Å²) in [5.41, 5.74) is 2.80. The number of hydrogen-bond acceptors (Lipinski definition) is 6. The molecule has 0 amide bonds. The molecule has 0 aromatic rings. The van der Waals surface area contributed by atoms with Crippen molar-refractivity contribution in [2.24, 2.45) is 17.1 Å². The first-order valence-corrected chi connectivity index (χ1v) is 21.7. The Labute approximate surface area is 301 Å². The monoisotopic (exact) mass is 698 g/mol. The molecule has 48 heavy (non-hydrogen) atoms. The normalized spacial score (nSPS) is 14.5. The molecule has 0 bridgehead atoms. The summed E-state index contributed by atoms with van der Waals surface area (Å²) < 4.78 is 0. The van der Waals surface area contributed by atoms with Gasteiger partial charge in [0.25, 0.3) is 0 Å². The van der Waals surface area contributed by atoms with Crippen LogP contribution in [0.4, 0.5) is 0 Å². The van der Waals surface area contributed by atoms with E-state index in [9.17, 15) is 24.6 Å². The van der Waals surface area contributed by atoms with Gasteiger partial charge in [0.05, 0.1) is 11.5 Å². The fourth-order valence-corrected chi connectivity index (χ4v) is 8.18. The number of Topliss-reactive ketones (excluding diaryl/α,β-unsaturated/α-hetero) is 2. The Hall–Kier alpha value is -0.920. The van der Waals surface area contributed by atoms with Crippen molar-refractivity contribution in [1.82, 2.24) is 0 Å². The zero-order valence-electron chi connectivity index (χ0n) is 32.3. The first-order valence-electron chi connectivity index (χ1n) is 20.3. The molecule has 0 aliphatic heterocycles. The summed E-state index contributed by atoms with van der Waals surface area (Å²) in [5, 5.41) is 20.8. The van der Waals surface area contributed by atoms with E-state index < -0.39 is 28.9 Å². The van der Waals surface area contributed by atoms with Gasteiger partial charge in [-0.15, -0.1) is 0 Å². The number of carboxylic acid groups (broad SMARTS) is 1. The van der Waals surface area contributed by atoms with Gasteiger partial charge in [0, 0.05) is 18.8 Å². The van der Waals surface area contributed by atoms with E-state index in [1.165, 1.54) is 134 Å². The number of aliphatic hydroxyl groups is 1. The van der Waals surface area contributed by atoms with Gasteiger partial charge in [-0.3, -0.25) is 14.4 Å². The molecular weight excluding hydrogens is 619 g/mol. The summed E-state index contributed by atoms with van der Waals surface area (Å²) in [7, 11) is 0. The standard InChI is InChI=1S/C41H79NO5S/c1-6-8-10-12-14-16-18-20-22-24-26-28-30-32-37(44)40(4,36(34-48-5)41(42,35(3)43)39(46)47)38(45)33-31-29-27-25-23-21-19-17-15-13-11-9-7-2/h35-36,43H,6-34,42H2,1-5H3,(H,46,47). The fourth-order valence-electron chi connectivity index (χ4n) is 7.24. The molecule has 0 fully saturated rings. The fraction of sp³-hybridized carbons (Fsp3) is 0.927. The maximum absolute atomic E-state index is 14.0. The van der Waals surface area contributed by atoms with Gasteiger partial charge in [-0.25, -0.2) is 0 Å². The zero-order valence-corrected chi connectivity index (χ0v) is 33.1. The first kappa shape index (κ1) is 47.1. The van der Waals surface area contributed by atoms with Crippen LogP contribution in [-0.4, -0.2) is 51.4 Å².